The molecule has 0 unspecified atom stereocenters. The van der Waals surface area contributed by atoms with Crippen LogP contribution in [0.1, 0.15) is 5.56 Å². The van der Waals surface area contributed by atoms with Gasteiger partial charge in [-0.2, -0.15) is 0 Å². The zero-order valence-electron chi connectivity index (χ0n) is 8.15. The fourth-order valence-corrected chi connectivity index (χ4v) is 2.14. The first-order valence-electron chi connectivity index (χ1n) is 4.06. The maximum atomic E-state index is 11.3. The van der Waals surface area contributed by atoms with Crippen molar-refractivity contribution >= 4 is 9.84 Å². The summed E-state index contributed by atoms with van der Waals surface area (Å²) in [4.78, 5) is 0.265. The van der Waals surface area contributed by atoms with E-state index >= 15 is 0 Å². The van der Waals surface area contributed by atoms with Crippen molar-refractivity contribution in [1.82, 2.24) is 0 Å². The topological polar surface area (TPSA) is 69.4 Å². The number of hydrogen-bond acceptors (Lipinski definition) is 4. The highest BCUT2D eigenvalue weighted by molar-refractivity contribution is 7.90. The molecule has 5 heteroatoms. The van der Waals surface area contributed by atoms with Gasteiger partial charge in [0, 0.05) is 12.8 Å². The van der Waals surface area contributed by atoms with E-state index in [-0.39, 0.29) is 11.4 Å². The van der Waals surface area contributed by atoms with Crippen LogP contribution in [0.2, 0.25) is 0 Å². The molecule has 0 aliphatic rings. The lowest BCUT2D eigenvalue weighted by atomic mass is 10.2. The van der Waals surface area contributed by atoms with Gasteiger partial charge in [0.2, 0.25) is 0 Å². The minimum atomic E-state index is -3.21. The summed E-state index contributed by atoms with van der Waals surface area (Å²) in [5.74, 6) is 0.609. The molecule has 0 aromatic heterocycles. The zero-order chi connectivity index (χ0) is 10.8. The number of methoxy groups -OCH3 is 1. The van der Waals surface area contributed by atoms with Crippen LogP contribution in [0.3, 0.4) is 0 Å². The molecule has 2 N–H and O–H groups in total. The summed E-state index contributed by atoms with van der Waals surface area (Å²) in [7, 11) is -1.68. The Hall–Kier alpha value is -1.07. The van der Waals surface area contributed by atoms with Crippen molar-refractivity contribution in [2.75, 3.05) is 13.4 Å². The van der Waals surface area contributed by atoms with E-state index in [0.717, 1.165) is 6.26 Å². The van der Waals surface area contributed by atoms with Crippen molar-refractivity contribution in [3.05, 3.63) is 23.8 Å². The number of hydrogen-bond donors (Lipinski definition) is 1. The molecule has 14 heavy (non-hydrogen) atoms. The van der Waals surface area contributed by atoms with Crippen molar-refractivity contribution in [3.63, 3.8) is 0 Å². The highest BCUT2D eigenvalue weighted by atomic mass is 32.2. The predicted molar refractivity (Wildman–Crippen MR) is 54.0 cm³/mol. The molecule has 4 nitrogen and oxygen atoms in total. The van der Waals surface area contributed by atoms with Crippen molar-refractivity contribution in [2.45, 2.75) is 11.4 Å². The van der Waals surface area contributed by atoms with Crippen LogP contribution in [0.5, 0.6) is 5.75 Å². The Morgan fingerprint density at radius 3 is 2.50 bits per heavy atom. The van der Waals surface area contributed by atoms with Gasteiger partial charge in [0.25, 0.3) is 0 Å². The number of sulfone groups is 1. The maximum Gasteiger partial charge on any atom is 0.175 e. The molecule has 0 aliphatic heterocycles. The van der Waals surface area contributed by atoms with Gasteiger partial charge in [-0.3, -0.25) is 0 Å². The van der Waals surface area contributed by atoms with E-state index in [2.05, 4.69) is 0 Å². The van der Waals surface area contributed by atoms with E-state index in [4.69, 9.17) is 10.5 Å². The van der Waals surface area contributed by atoms with Crippen LogP contribution in [0.4, 0.5) is 0 Å². The van der Waals surface area contributed by atoms with E-state index in [1.54, 1.807) is 12.1 Å². The first-order chi connectivity index (χ1) is 6.49. The van der Waals surface area contributed by atoms with Gasteiger partial charge in [-0.05, 0) is 23.8 Å². The van der Waals surface area contributed by atoms with Crippen molar-refractivity contribution < 1.29 is 13.2 Å². The Balaban J connectivity index is 3.33. The molecule has 0 spiro atoms. The summed E-state index contributed by atoms with van der Waals surface area (Å²) in [5, 5.41) is 0. The lowest BCUT2D eigenvalue weighted by molar-refractivity contribution is 0.414. The van der Waals surface area contributed by atoms with Crippen LogP contribution < -0.4 is 10.5 Å². The maximum absolute atomic E-state index is 11.3. The lowest BCUT2D eigenvalue weighted by Gasteiger charge is -2.07. The SMILES string of the molecule is COc1ccc(S(C)(=O)=O)c(CN)c1. The van der Waals surface area contributed by atoms with Gasteiger partial charge >= 0.3 is 0 Å². The van der Waals surface area contributed by atoms with Crippen LogP contribution in [0.15, 0.2) is 23.1 Å². The summed E-state index contributed by atoms with van der Waals surface area (Å²) in [6.45, 7) is 0.180. The number of rotatable bonds is 3. The Morgan fingerprint density at radius 2 is 2.07 bits per heavy atom. The predicted octanol–water partition coefficient (Wildman–Crippen LogP) is 0.557. The minimum Gasteiger partial charge on any atom is -0.497 e. The molecule has 0 atom stereocenters. The summed E-state index contributed by atoms with van der Waals surface area (Å²) < 4.78 is 27.6. The molecule has 0 radical (unpaired) electrons. The molecule has 0 fully saturated rings. The molecule has 0 saturated carbocycles. The third-order valence-corrected chi connectivity index (χ3v) is 3.08. The van der Waals surface area contributed by atoms with E-state index in [1.807, 2.05) is 0 Å². The number of benzene rings is 1. The van der Waals surface area contributed by atoms with Crippen LogP contribution in [0.25, 0.3) is 0 Å². The molecule has 78 valence electrons. The summed E-state index contributed by atoms with van der Waals surface area (Å²) >= 11 is 0. The quantitative estimate of drug-likeness (QED) is 0.799. The van der Waals surface area contributed by atoms with Crippen LogP contribution in [-0.4, -0.2) is 21.8 Å². The fraction of sp³-hybridized carbons (Fsp3) is 0.333. The second-order valence-corrected chi connectivity index (χ2v) is 4.93. The fourth-order valence-electron chi connectivity index (χ4n) is 1.20. The first-order valence-corrected chi connectivity index (χ1v) is 5.95. The summed E-state index contributed by atoms with van der Waals surface area (Å²) in [6, 6.07) is 4.75. The van der Waals surface area contributed by atoms with Gasteiger partial charge in [0.15, 0.2) is 9.84 Å². The van der Waals surface area contributed by atoms with Crippen LogP contribution in [0, 0.1) is 0 Å². The van der Waals surface area contributed by atoms with E-state index in [1.165, 1.54) is 13.2 Å². The highest BCUT2D eigenvalue weighted by Gasteiger charge is 2.12. The monoisotopic (exact) mass is 215 g/mol. The van der Waals surface area contributed by atoms with Gasteiger partial charge in [-0.25, -0.2) is 8.42 Å². The second kappa shape index (κ2) is 3.98. The van der Waals surface area contributed by atoms with Crippen molar-refractivity contribution in [3.8, 4) is 5.75 Å². The molecule has 1 aromatic rings. The van der Waals surface area contributed by atoms with Crippen molar-refractivity contribution in [1.29, 1.82) is 0 Å². The minimum absolute atomic E-state index is 0.180. The molecule has 0 bridgehead atoms. The summed E-state index contributed by atoms with van der Waals surface area (Å²) in [5.41, 5.74) is 6.03. The van der Waals surface area contributed by atoms with Gasteiger partial charge in [-0.15, -0.1) is 0 Å². The Kier molecular flexibility index (Phi) is 3.13. The molecule has 1 aromatic carbocycles. The lowest BCUT2D eigenvalue weighted by Crippen LogP contribution is -2.06. The average Bonchev–Trinajstić information content (AvgIpc) is 2.15. The molecular formula is C9H13NO3S. The Labute approximate surface area is 83.6 Å². The second-order valence-electron chi connectivity index (χ2n) is 2.95. The van der Waals surface area contributed by atoms with Gasteiger partial charge < -0.3 is 10.5 Å². The normalized spacial score (nSPS) is 11.4. The van der Waals surface area contributed by atoms with E-state index in [9.17, 15) is 8.42 Å². The zero-order valence-corrected chi connectivity index (χ0v) is 8.97. The first kappa shape index (κ1) is 11.0. The Bertz CT molecular complexity index is 426. The van der Waals surface area contributed by atoms with Crippen molar-refractivity contribution in [2.24, 2.45) is 5.73 Å². The number of ether oxygens (including phenoxy) is 1. The van der Waals surface area contributed by atoms with Crippen LogP contribution >= 0.6 is 0 Å². The number of nitrogens with two attached hydrogens (primary N) is 1. The highest BCUT2D eigenvalue weighted by Crippen LogP contribution is 2.21. The van der Waals surface area contributed by atoms with E-state index < -0.39 is 9.84 Å². The molecule has 0 saturated heterocycles. The van der Waals surface area contributed by atoms with Gasteiger partial charge in [-0.1, -0.05) is 0 Å². The third kappa shape index (κ3) is 2.24. The largest absolute Gasteiger partial charge is 0.497 e. The van der Waals surface area contributed by atoms with Crippen LogP contribution in [-0.2, 0) is 16.4 Å². The summed E-state index contributed by atoms with van der Waals surface area (Å²) in [6.07, 6.45) is 1.16. The smallest absolute Gasteiger partial charge is 0.175 e. The Morgan fingerprint density at radius 1 is 1.43 bits per heavy atom. The standard InChI is InChI=1S/C9H13NO3S/c1-13-8-3-4-9(14(2,11)12)7(5-8)6-10/h3-5H,6,10H2,1-2H3. The van der Waals surface area contributed by atoms with E-state index in [0.29, 0.717) is 11.3 Å². The molecule has 0 amide bonds. The average molecular weight is 215 g/mol. The molecular weight excluding hydrogens is 202 g/mol. The van der Waals surface area contributed by atoms with Gasteiger partial charge in [0.1, 0.15) is 5.75 Å². The van der Waals surface area contributed by atoms with Gasteiger partial charge in [0.05, 0.1) is 12.0 Å². The third-order valence-electron chi connectivity index (χ3n) is 1.89. The molecule has 0 heterocycles. The molecule has 0 aliphatic carbocycles. The molecule has 1 rings (SSSR count).